The molecule has 0 spiro atoms. The van der Waals surface area contributed by atoms with Crippen LogP contribution in [0.4, 0.5) is 0 Å². The Labute approximate surface area is 74.7 Å². The minimum absolute atomic E-state index is 0.820. The smallest absolute Gasteiger partial charge is 0.0210 e. The molecule has 0 unspecified atom stereocenters. The molecule has 4 aliphatic carbocycles. The predicted octanol–water partition coefficient (Wildman–Crippen LogP) is 3.08. The van der Waals surface area contributed by atoms with Gasteiger partial charge in [0.25, 0.3) is 0 Å². The van der Waals surface area contributed by atoms with E-state index < -0.39 is 0 Å². The van der Waals surface area contributed by atoms with Crippen LogP contribution in [0.1, 0.15) is 39.5 Å². The Morgan fingerprint density at radius 1 is 0.667 bits per heavy atom. The predicted molar refractivity (Wildman–Crippen MR) is 48.6 cm³/mol. The van der Waals surface area contributed by atoms with Crippen molar-refractivity contribution >= 4 is 0 Å². The number of hydrogen-bond donors (Lipinski definition) is 0. The molecule has 0 radical (unpaired) electrons. The van der Waals surface area contributed by atoms with Gasteiger partial charge >= 0.3 is 0 Å². The summed E-state index contributed by atoms with van der Waals surface area (Å²) in [5.41, 5.74) is 1.64. The molecule has 66 valence electrons. The maximum absolute atomic E-state index is 2.62. The van der Waals surface area contributed by atoms with Crippen molar-refractivity contribution in [2.24, 2.45) is 34.5 Å². The third-order valence-electron chi connectivity index (χ3n) is 6.83. The third-order valence-corrected chi connectivity index (χ3v) is 6.83. The Morgan fingerprint density at radius 3 is 1.17 bits per heavy atom. The van der Waals surface area contributed by atoms with E-state index >= 15 is 0 Å². The van der Waals surface area contributed by atoms with E-state index in [9.17, 15) is 0 Å². The molecule has 0 aromatic rings. The Bertz CT molecular complexity index is 221. The zero-order valence-electron chi connectivity index (χ0n) is 8.14. The van der Waals surface area contributed by atoms with Gasteiger partial charge in [0.2, 0.25) is 0 Å². The second kappa shape index (κ2) is 1.40. The molecule has 0 saturated heterocycles. The molecule has 0 nitrogen and oxygen atoms in total. The van der Waals surface area contributed by atoms with Crippen molar-refractivity contribution in [2.45, 2.75) is 39.5 Å². The molecular weight excluding hydrogens is 144 g/mol. The molecule has 0 amide bonds. The van der Waals surface area contributed by atoms with Crippen molar-refractivity contribution in [3.05, 3.63) is 0 Å². The monoisotopic (exact) mass is 162 g/mol. The van der Waals surface area contributed by atoms with E-state index in [4.69, 9.17) is 0 Å². The van der Waals surface area contributed by atoms with Crippen LogP contribution in [-0.2, 0) is 0 Å². The number of rotatable bonds is 0. The van der Waals surface area contributed by atoms with Gasteiger partial charge in [0, 0.05) is 0 Å². The summed E-state index contributed by atoms with van der Waals surface area (Å²) in [6.45, 7) is 5.23. The molecule has 4 rings (SSSR count). The fraction of sp³-hybridized carbons (Fsp3) is 1.00. The lowest BCUT2D eigenvalue weighted by Crippen LogP contribution is -2.51. The van der Waals surface area contributed by atoms with Gasteiger partial charge in [-0.05, 0) is 60.2 Å². The van der Waals surface area contributed by atoms with Crippen LogP contribution in [0, 0.1) is 34.5 Å². The summed E-state index contributed by atoms with van der Waals surface area (Å²) in [5, 5.41) is 0. The van der Waals surface area contributed by atoms with Crippen LogP contribution in [0.5, 0.6) is 0 Å². The van der Waals surface area contributed by atoms with Crippen LogP contribution in [0.25, 0.3) is 0 Å². The van der Waals surface area contributed by atoms with Crippen molar-refractivity contribution < 1.29 is 0 Å². The van der Waals surface area contributed by atoms with E-state index in [1.54, 1.807) is 25.7 Å². The van der Waals surface area contributed by atoms with E-state index in [0.29, 0.717) is 0 Å². The van der Waals surface area contributed by atoms with E-state index in [1.807, 2.05) is 0 Å². The van der Waals surface area contributed by atoms with Crippen LogP contribution in [0.3, 0.4) is 0 Å². The van der Waals surface area contributed by atoms with Gasteiger partial charge < -0.3 is 0 Å². The fourth-order valence-electron chi connectivity index (χ4n) is 5.82. The molecule has 4 fully saturated rings. The average Bonchev–Trinajstić information content (AvgIpc) is 2.14. The molecule has 0 bridgehead atoms. The van der Waals surface area contributed by atoms with E-state index in [-0.39, 0.29) is 0 Å². The first-order valence-corrected chi connectivity index (χ1v) is 5.67. The third kappa shape index (κ3) is 0.337. The normalized spacial score (nSPS) is 76.5. The highest BCUT2D eigenvalue weighted by Crippen LogP contribution is 2.85. The minimum Gasteiger partial charge on any atom is -0.0586 e. The summed E-state index contributed by atoms with van der Waals surface area (Å²) in [4.78, 5) is 0. The van der Waals surface area contributed by atoms with Crippen molar-refractivity contribution in [1.82, 2.24) is 0 Å². The largest absolute Gasteiger partial charge is 0.0586 e. The van der Waals surface area contributed by atoms with Crippen LogP contribution in [0.15, 0.2) is 0 Å². The molecule has 4 saturated carbocycles. The highest BCUT2D eigenvalue weighted by atomic mass is 14.8. The van der Waals surface area contributed by atoms with Crippen LogP contribution < -0.4 is 0 Å². The second-order valence-electron chi connectivity index (χ2n) is 6.30. The lowest BCUT2D eigenvalue weighted by Gasteiger charge is -2.57. The first-order valence-electron chi connectivity index (χ1n) is 5.67. The summed E-state index contributed by atoms with van der Waals surface area (Å²) < 4.78 is 0. The van der Waals surface area contributed by atoms with Crippen molar-refractivity contribution in [2.75, 3.05) is 0 Å². The van der Waals surface area contributed by atoms with Gasteiger partial charge in [-0.15, -0.1) is 0 Å². The number of hydrogen-bond acceptors (Lipinski definition) is 0. The quantitative estimate of drug-likeness (QED) is 0.513. The Balaban J connectivity index is 1.95. The van der Waals surface area contributed by atoms with E-state index in [0.717, 1.165) is 34.5 Å². The molecule has 0 aromatic heterocycles. The molecule has 0 atom stereocenters. The molecule has 0 aromatic carbocycles. The summed E-state index contributed by atoms with van der Waals surface area (Å²) in [6, 6.07) is 0. The van der Waals surface area contributed by atoms with Crippen LogP contribution in [0.2, 0.25) is 0 Å². The first kappa shape index (κ1) is 6.45. The minimum atomic E-state index is 0.820. The molecular formula is C12H18. The fourth-order valence-corrected chi connectivity index (χ4v) is 5.82. The van der Waals surface area contributed by atoms with E-state index in [2.05, 4.69) is 13.8 Å². The highest BCUT2D eigenvalue weighted by Gasteiger charge is 2.78. The van der Waals surface area contributed by atoms with E-state index in [1.165, 1.54) is 0 Å². The molecule has 0 heterocycles. The molecule has 0 N–H and O–H groups in total. The summed E-state index contributed by atoms with van der Waals surface area (Å²) >= 11 is 0. The lowest BCUT2D eigenvalue weighted by molar-refractivity contribution is -0.0907. The lowest BCUT2D eigenvalue weighted by atomic mass is 9.48. The standard InChI is InChI=1S/C12H18/c1-11-7-3-8(11)6-10-4-9(5-7)12(10,11)2/h7-10H,3-6H2,1-2H3. The topological polar surface area (TPSA) is 0 Å². The van der Waals surface area contributed by atoms with Crippen LogP contribution >= 0.6 is 0 Å². The van der Waals surface area contributed by atoms with Gasteiger partial charge in [-0.25, -0.2) is 0 Å². The van der Waals surface area contributed by atoms with Gasteiger partial charge in [0.15, 0.2) is 0 Å². The van der Waals surface area contributed by atoms with Gasteiger partial charge in [-0.3, -0.25) is 0 Å². The molecule has 12 heavy (non-hydrogen) atoms. The van der Waals surface area contributed by atoms with Gasteiger partial charge in [0.1, 0.15) is 0 Å². The second-order valence-corrected chi connectivity index (χ2v) is 6.30. The highest BCUT2D eigenvalue weighted by molar-refractivity contribution is 5.26. The van der Waals surface area contributed by atoms with Crippen molar-refractivity contribution in [3.63, 3.8) is 0 Å². The molecule has 0 aliphatic heterocycles. The van der Waals surface area contributed by atoms with Gasteiger partial charge in [0.05, 0.1) is 0 Å². The maximum atomic E-state index is 2.62. The van der Waals surface area contributed by atoms with Crippen LogP contribution in [-0.4, -0.2) is 0 Å². The summed E-state index contributed by atoms with van der Waals surface area (Å²) in [5.74, 6) is 4.57. The average molecular weight is 162 g/mol. The molecule has 0 heteroatoms. The van der Waals surface area contributed by atoms with Gasteiger partial charge in [-0.1, -0.05) is 13.8 Å². The van der Waals surface area contributed by atoms with Crippen molar-refractivity contribution in [3.8, 4) is 0 Å². The zero-order valence-corrected chi connectivity index (χ0v) is 8.14. The zero-order chi connectivity index (χ0) is 8.14. The Kier molecular flexibility index (Phi) is 0.755. The Hall–Kier alpha value is 0. The first-order chi connectivity index (χ1) is 5.67. The maximum Gasteiger partial charge on any atom is -0.0210 e. The summed E-state index contributed by atoms with van der Waals surface area (Å²) in [7, 11) is 0. The SMILES string of the molecule is CC12C3CC1CC1CC(C3)C12C. The Morgan fingerprint density at radius 2 is 0.917 bits per heavy atom. The van der Waals surface area contributed by atoms with Gasteiger partial charge in [-0.2, -0.15) is 0 Å². The summed E-state index contributed by atoms with van der Waals surface area (Å²) in [6.07, 6.45) is 6.39. The molecule has 4 aliphatic rings. The van der Waals surface area contributed by atoms with Crippen molar-refractivity contribution in [1.29, 1.82) is 0 Å².